The first-order chi connectivity index (χ1) is 38.1. The van der Waals surface area contributed by atoms with Crippen LogP contribution in [-0.4, -0.2) is 322 Å². The van der Waals surface area contributed by atoms with Crippen LogP contribution in [0.25, 0.3) is 0 Å². The SMILES string of the molecule is CC(=O)N[C@H]1[C@H](O[C@H]2[C@@H](O)[C@@H](CO)O[C@@H](O[C@H]3[C@H](O)[C@@H](NC(C)=O)[C@H](O[C@@H]4[C@@H](O)[C@H](O[C@H]5[C@H](O)[C@@H](O)C(O)O[C@@H]5CO)O[C@H](CO)[C@@H]4OCc4ccccc4)O[C@@H]3CO)[C@@H]2O)O[C@H](CO)[C@@H](O[C@@H]2O[C@H](CO)[C@H](O)[C@H](O)[C@H]2O)[C@@H]1O. The van der Waals surface area contributed by atoms with Crippen LogP contribution in [0.4, 0.5) is 0 Å². The predicted molar refractivity (Wildman–Crippen MR) is 251 cm³/mol. The van der Waals surface area contributed by atoms with E-state index in [1.807, 2.05) is 0 Å². The van der Waals surface area contributed by atoms with Crippen LogP contribution in [0.3, 0.4) is 0 Å². The van der Waals surface area contributed by atoms with Gasteiger partial charge in [0.1, 0.15) is 146 Å². The molecule has 0 saturated carbocycles. The second kappa shape index (κ2) is 28.7. The first kappa shape index (κ1) is 64.6. The van der Waals surface area contributed by atoms with E-state index in [1.54, 1.807) is 30.3 Å². The van der Waals surface area contributed by atoms with Crippen molar-refractivity contribution in [1.29, 1.82) is 0 Å². The molecule has 458 valence electrons. The number of ether oxygens (including phenoxy) is 12. The van der Waals surface area contributed by atoms with Gasteiger partial charge < -0.3 is 154 Å². The minimum Gasteiger partial charge on any atom is -0.394 e. The molecule has 6 saturated heterocycles. The molecule has 33 nitrogen and oxygen atoms in total. The second-order valence-electron chi connectivity index (χ2n) is 20.0. The Labute approximate surface area is 455 Å². The average molecular weight is 1160 g/mol. The van der Waals surface area contributed by atoms with Gasteiger partial charge in [0.05, 0.1) is 46.2 Å². The zero-order valence-corrected chi connectivity index (χ0v) is 43.0. The Morgan fingerprint density at radius 1 is 0.388 bits per heavy atom. The van der Waals surface area contributed by atoms with Gasteiger partial charge in [0.25, 0.3) is 0 Å². The second-order valence-corrected chi connectivity index (χ2v) is 20.0. The largest absolute Gasteiger partial charge is 0.394 e. The van der Waals surface area contributed by atoms with Crippen molar-refractivity contribution in [1.82, 2.24) is 10.6 Å². The summed E-state index contributed by atoms with van der Waals surface area (Å²) in [4.78, 5) is 25.4. The highest BCUT2D eigenvalue weighted by Crippen LogP contribution is 2.38. The number of hydrogen-bond acceptors (Lipinski definition) is 31. The van der Waals surface area contributed by atoms with Gasteiger partial charge in [0.2, 0.25) is 11.8 Å². The zero-order chi connectivity index (χ0) is 58.4. The molecular formula is C47H74N2O31. The van der Waals surface area contributed by atoms with Crippen LogP contribution in [-0.2, 0) is 73.0 Å². The molecule has 0 bridgehead atoms. The lowest BCUT2D eigenvalue weighted by Crippen LogP contribution is -2.71. The van der Waals surface area contributed by atoms with Gasteiger partial charge in [-0.2, -0.15) is 0 Å². The molecule has 33 heteroatoms. The van der Waals surface area contributed by atoms with Crippen LogP contribution < -0.4 is 10.6 Å². The number of carbonyl (C=O) groups excluding carboxylic acids is 2. The first-order valence-electron chi connectivity index (χ1n) is 25.6. The number of nitrogens with one attached hydrogen (secondary N) is 2. The van der Waals surface area contributed by atoms with E-state index in [9.17, 15) is 96.4 Å². The summed E-state index contributed by atoms with van der Waals surface area (Å²) in [6.07, 6.45) is -51.8. The van der Waals surface area contributed by atoms with E-state index in [-0.39, 0.29) is 6.61 Å². The summed E-state index contributed by atoms with van der Waals surface area (Å²) in [5.74, 6) is -1.65. The number of carbonyl (C=O) groups is 2. The third-order valence-corrected chi connectivity index (χ3v) is 14.5. The van der Waals surface area contributed by atoms with Crippen molar-refractivity contribution in [3.05, 3.63) is 35.9 Å². The Morgan fingerprint density at radius 3 is 1.24 bits per heavy atom. The van der Waals surface area contributed by atoms with Crippen LogP contribution >= 0.6 is 0 Å². The van der Waals surface area contributed by atoms with Crippen LogP contribution in [0.1, 0.15) is 19.4 Å². The van der Waals surface area contributed by atoms with Gasteiger partial charge in [0, 0.05) is 13.8 Å². The monoisotopic (exact) mass is 1160 g/mol. The van der Waals surface area contributed by atoms with Gasteiger partial charge in [-0.3, -0.25) is 9.59 Å². The minimum atomic E-state index is -2.21. The maximum absolute atomic E-state index is 12.9. The lowest BCUT2D eigenvalue weighted by atomic mass is 9.93. The van der Waals surface area contributed by atoms with Crippen molar-refractivity contribution in [2.75, 3.05) is 39.6 Å². The summed E-state index contributed by atoms with van der Waals surface area (Å²) in [7, 11) is 0. The van der Waals surface area contributed by atoms with Crippen LogP contribution in [0.15, 0.2) is 30.3 Å². The number of rotatable bonds is 21. The van der Waals surface area contributed by atoms with Crippen LogP contribution in [0.5, 0.6) is 0 Å². The van der Waals surface area contributed by atoms with Gasteiger partial charge in [-0.25, -0.2) is 0 Å². The van der Waals surface area contributed by atoms with Crippen molar-refractivity contribution in [3.8, 4) is 0 Å². The standard InChI is InChI=1S/C47H74N2O31/c1-15(56)48-24-28(60)36(76-45-33(65)30(62)26(58)18(8-50)71-45)21(11-53)73-43(24)79-40-27(59)19(9-51)72-46(34(40)66)77-37-22(12-54)74-44(25(29(37)61)49-16(2)57)80-41-35(67)47(78-38-20(10-52)70-42(68)32(64)31(38)63)75-23(13-55)39(41)69-14-17-6-4-3-5-7-17/h3-7,18-47,50-55,58-68H,8-14H2,1-2H3,(H,48,56)(H,49,57)/t18-,19-,20-,21-,22-,23-,24-,25-,26+,27+,28-,29-,30+,31-,32-,33-,34-,35-,36-,37-,38-,39+,40+,41-,42?,43+,44+,45+,46+,47+/m1/s1. The number of aliphatic hydroxyl groups is 17. The van der Waals surface area contributed by atoms with Gasteiger partial charge in [-0.1, -0.05) is 30.3 Å². The number of amides is 2. The smallest absolute Gasteiger partial charge is 0.217 e. The van der Waals surface area contributed by atoms with Crippen molar-refractivity contribution in [3.63, 3.8) is 0 Å². The van der Waals surface area contributed by atoms with E-state index in [0.717, 1.165) is 13.8 Å². The van der Waals surface area contributed by atoms with E-state index in [0.29, 0.717) is 5.56 Å². The molecule has 0 radical (unpaired) electrons. The van der Waals surface area contributed by atoms with Crippen molar-refractivity contribution < 1.29 is 153 Å². The Balaban J connectivity index is 1.13. The molecule has 0 aromatic heterocycles. The summed E-state index contributed by atoms with van der Waals surface area (Å²) >= 11 is 0. The summed E-state index contributed by atoms with van der Waals surface area (Å²) in [5.41, 5.74) is 0.590. The molecule has 6 fully saturated rings. The summed E-state index contributed by atoms with van der Waals surface area (Å²) in [6.45, 7) is -3.79. The fourth-order valence-corrected chi connectivity index (χ4v) is 10.3. The summed E-state index contributed by atoms with van der Waals surface area (Å²) in [5, 5.41) is 188. The molecule has 1 aromatic carbocycles. The minimum absolute atomic E-state index is 0.199. The zero-order valence-electron chi connectivity index (χ0n) is 43.0. The molecular weight excluding hydrogens is 1090 g/mol. The Kier molecular flexibility index (Phi) is 23.2. The van der Waals surface area contributed by atoms with Crippen molar-refractivity contribution in [2.45, 2.75) is 205 Å². The summed E-state index contributed by atoms with van der Waals surface area (Å²) < 4.78 is 70.3. The normalized spacial score (nSPS) is 46.4. The number of aliphatic hydroxyl groups excluding tert-OH is 17. The third kappa shape index (κ3) is 14.2. The molecule has 30 atom stereocenters. The number of hydrogen-bond donors (Lipinski definition) is 19. The lowest BCUT2D eigenvalue weighted by Gasteiger charge is -2.51. The molecule has 0 aliphatic carbocycles. The van der Waals surface area contributed by atoms with Crippen molar-refractivity contribution >= 4 is 11.8 Å². The predicted octanol–water partition coefficient (Wildman–Crippen LogP) is -11.6. The molecule has 6 aliphatic heterocycles. The Morgan fingerprint density at radius 2 is 0.762 bits per heavy atom. The molecule has 1 unspecified atom stereocenters. The van der Waals surface area contributed by atoms with E-state index < -0.39 is 236 Å². The third-order valence-electron chi connectivity index (χ3n) is 14.5. The highest BCUT2D eigenvalue weighted by atomic mass is 16.8. The van der Waals surface area contributed by atoms with E-state index in [2.05, 4.69) is 10.6 Å². The molecule has 6 heterocycles. The fourth-order valence-electron chi connectivity index (χ4n) is 10.3. The van der Waals surface area contributed by atoms with Gasteiger partial charge in [0.15, 0.2) is 37.7 Å². The van der Waals surface area contributed by atoms with Crippen LogP contribution in [0.2, 0.25) is 0 Å². The highest BCUT2D eigenvalue weighted by Gasteiger charge is 2.58. The Bertz CT molecular complexity index is 2070. The molecule has 1 aromatic rings. The number of benzene rings is 1. The highest BCUT2D eigenvalue weighted by molar-refractivity contribution is 5.73. The average Bonchev–Trinajstić information content (AvgIpc) is 3.46. The van der Waals surface area contributed by atoms with Gasteiger partial charge in [-0.05, 0) is 5.56 Å². The molecule has 19 N–H and O–H groups in total. The van der Waals surface area contributed by atoms with E-state index in [4.69, 9.17) is 56.8 Å². The maximum Gasteiger partial charge on any atom is 0.217 e. The van der Waals surface area contributed by atoms with Crippen molar-refractivity contribution in [2.24, 2.45) is 0 Å². The molecule has 80 heavy (non-hydrogen) atoms. The fraction of sp³-hybridized carbons (Fsp3) is 0.830. The quantitative estimate of drug-likeness (QED) is 0.0543. The van der Waals surface area contributed by atoms with E-state index in [1.165, 1.54) is 0 Å². The maximum atomic E-state index is 12.9. The topological polar surface area (TPSA) is 513 Å². The van der Waals surface area contributed by atoms with E-state index >= 15 is 0 Å². The lowest BCUT2D eigenvalue weighted by molar-refractivity contribution is -0.388. The summed E-state index contributed by atoms with van der Waals surface area (Å²) in [6, 6.07) is 5.00. The van der Waals surface area contributed by atoms with Gasteiger partial charge >= 0.3 is 0 Å². The first-order valence-corrected chi connectivity index (χ1v) is 25.6. The van der Waals surface area contributed by atoms with Gasteiger partial charge in [-0.15, -0.1) is 0 Å². The molecule has 2 amide bonds. The molecule has 0 spiro atoms. The Hall–Kier alpha value is -3.00. The van der Waals surface area contributed by atoms with Crippen LogP contribution in [0, 0.1) is 0 Å². The molecule has 7 rings (SSSR count). The molecule has 6 aliphatic rings.